The summed E-state index contributed by atoms with van der Waals surface area (Å²) in [7, 11) is 0. The molecule has 0 atom stereocenters. The average molecular weight is 307 g/mol. The number of carbonyl (C=O) groups is 2. The predicted molar refractivity (Wildman–Crippen MR) is 78.9 cm³/mol. The Morgan fingerprint density at radius 2 is 2.00 bits per heavy atom. The Morgan fingerprint density at radius 1 is 1.29 bits per heavy atom. The molecule has 2 N–H and O–H groups in total. The quantitative estimate of drug-likeness (QED) is 0.889. The van der Waals surface area contributed by atoms with Gasteiger partial charge in [0.15, 0.2) is 5.13 Å². The minimum absolute atomic E-state index is 0.229. The molecule has 0 fully saturated rings. The smallest absolute Gasteiger partial charge is 0.270 e. The number of aromatic nitrogens is 1. The molecule has 7 heteroatoms. The molecule has 0 bridgehead atoms. The number of thiazole rings is 1. The van der Waals surface area contributed by atoms with E-state index in [1.807, 2.05) is 0 Å². The standard InChI is InChI=1S/C14H14FN3O2S/c1-9(19)17-14-18-12(8-21-14)13(20)16-7-6-10-2-4-11(15)5-3-10/h2-5,8H,6-7H2,1H3,(H,16,20)(H,17,18,19). The van der Waals surface area contributed by atoms with E-state index in [1.165, 1.54) is 30.4 Å². The van der Waals surface area contributed by atoms with Crippen LogP contribution in [-0.2, 0) is 11.2 Å². The van der Waals surface area contributed by atoms with E-state index in [1.54, 1.807) is 17.5 Å². The molecular weight excluding hydrogens is 293 g/mol. The number of nitrogens with zero attached hydrogens (tertiary/aromatic N) is 1. The zero-order valence-corrected chi connectivity index (χ0v) is 12.2. The fraction of sp³-hybridized carbons (Fsp3) is 0.214. The summed E-state index contributed by atoms with van der Waals surface area (Å²) in [6.07, 6.45) is 0.606. The molecule has 1 aromatic carbocycles. The third-order valence-electron chi connectivity index (χ3n) is 2.63. The molecule has 0 saturated heterocycles. The molecule has 0 spiro atoms. The summed E-state index contributed by atoms with van der Waals surface area (Å²) in [5, 5.41) is 7.22. The van der Waals surface area contributed by atoms with Crippen LogP contribution >= 0.6 is 11.3 Å². The van der Waals surface area contributed by atoms with Crippen LogP contribution in [0.25, 0.3) is 0 Å². The van der Waals surface area contributed by atoms with Gasteiger partial charge in [0.25, 0.3) is 5.91 Å². The number of amides is 2. The first-order chi connectivity index (χ1) is 10.0. The van der Waals surface area contributed by atoms with Crippen LogP contribution in [0.3, 0.4) is 0 Å². The molecule has 0 radical (unpaired) electrons. The van der Waals surface area contributed by atoms with Gasteiger partial charge in [0.1, 0.15) is 11.5 Å². The first-order valence-electron chi connectivity index (χ1n) is 6.30. The van der Waals surface area contributed by atoms with Crippen LogP contribution in [0.1, 0.15) is 23.0 Å². The van der Waals surface area contributed by atoms with Crippen molar-refractivity contribution in [2.45, 2.75) is 13.3 Å². The lowest BCUT2D eigenvalue weighted by Crippen LogP contribution is -2.26. The van der Waals surface area contributed by atoms with E-state index in [2.05, 4.69) is 15.6 Å². The second-order valence-electron chi connectivity index (χ2n) is 4.35. The fourth-order valence-corrected chi connectivity index (χ4v) is 2.38. The lowest BCUT2D eigenvalue weighted by atomic mass is 10.1. The van der Waals surface area contributed by atoms with Crippen molar-refractivity contribution in [3.63, 3.8) is 0 Å². The molecule has 0 aliphatic carbocycles. The highest BCUT2D eigenvalue weighted by molar-refractivity contribution is 7.14. The van der Waals surface area contributed by atoms with Gasteiger partial charge in [0, 0.05) is 18.8 Å². The Labute approximate surface area is 125 Å². The molecule has 0 aliphatic rings. The van der Waals surface area contributed by atoms with Gasteiger partial charge in [-0.1, -0.05) is 12.1 Å². The maximum Gasteiger partial charge on any atom is 0.270 e. The van der Waals surface area contributed by atoms with E-state index >= 15 is 0 Å². The Balaban J connectivity index is 1.82. The van der Waals surface area contributed by atoms with Crippen molar-refractivity contribution in [2.75, 3.05) is 11.9 Å². The number of benzene rings is 1. The van der Waals surface area contributed by atoms with Crippen LogP contribution in [-0.4, -0.2) is 23.3 Å². The van der Waals surface area contributed by atoms with Crippen LogP contribution in [0, 0.1) is 5.82 Å². The normalized spacial score (nSPS) is 10.2. The van der Waals surface area contributed by atoms with Crippen LogP contribution < -0.4 is 10.6 Å². The second-order valence-corrected chi connectivity index (χ2v) is 5.21. The summed E-state index contributed by atoms with van der Waals surface area (Å²) in [5.74, 6) is -0.812. The van der Waals surface area contributed by atoms with Crippen LogP contribution in [0.5, 0.6) is 0 Å². The van der Waals surface area contributed by atoms with Crippen molar-refractivity contribution >= 4 is 28.3 Å². The molecule has 1 heterocycles. The number of halogens is 1. The minimum atomic E-state index is -0.301. The first-order valence-corrected chi connectivity index (χ1v) is 7.18. The maximum atomic E-state index is 12.7. The summed E-state index contributed by atoms with van der Waals surface area (Å²) in [6.45, 7) is 1.81. The highest BCUT2D eigenvalue weighted by Crippen LogP contribution is 2.15. The van der Waals surface area contributed by atoms with Gasteiger partial charge < -0.3 is 10.6 Å². The topological polar surface area (TPSA) is 71.1 Å². The van der Waals surface area contributed by atoms with E-state index in [4.69, 9.17) is 0 Å². The van der Waals surface area contributed by atoms with Gasteiger partial charge in [-0.05, 0) is 24.1 Å². The summed E-state index contributed by atoms with van der Waals surface area (Å²) in [4.78, 5) is 26.7. The van der Waals surface area contributed by atoms with Crippen molar-refractivity contribution in [3.8, 4) is 0 Å². The Bertz CT molecular complexity index is 640. The molecule has 1 aromatic heterocycles. The van der Waals surface area contributed by atoms with Crippen molar-refractivity contribution in [2.24, 2.45) is 0 Å². The number of rotatable bonds is 5. The minimum Gasteiger partial charge on any atom is -0.350 e. The molecular formula is C14H14FN3O2S. The van der Waals surface area contributed by atoms with E-state index < -0.39 is 0 Å². The molecule has 0 saturated carbocycles. The monoisotopic (exact) mass is 307 g/mol. The lowest BCUT2D eigenvalue weighted by Gasteiger charge is -2.03. The third kappa shape index (κ3) is 4.64. The van der Waals surface area contributed by atoms with Crippen LogP contribution in [0.2, 0.25) is 0 Å². The van der Waals surface area contributed by atoms with Crippen molar-refractivity contribution in [3.05, 3.63) is 46.7 Å². The largest absolute Gasteiger partial charge is 0.350 e. The summed E-state index contributed by atoms with van der Waals surface area (Å²) in [6, 6.07) is 6.13. The van der Waals surface area contributed by atoms with E-state index in [0.717, 1.165) is 5.56 Å². The van der Waals surface area contributed by atoms with E-state index in [9.17, 15) is 14.0 Å². The lowest BCUT2D eigenvalue weighted by molar-refractivity contribution is -0.114. The Kier molecular flexibility index (Phi) is 4.99. The Hall–Kier alpha value is -2.28. The van der Waals surface area contributed by atoms with Crippen molar-refractivity contribution in [1.82, 2.24) is 10.3 Å². The van der Waals surface area contributed by atoms with E-state index in [-0.39, 0.29) is 23.3 Å². The second kappa shape index (κ2) is 6.94. The van der Waals surface area contributed by atoms with Gasteiger partial charge in [0.2, 0.25) is 5.91 Å². The Morgan fingerprint density at radius 3 is 2.67 bits per heavy atom. The zero-order chi connectivity index (χ0) is 15.2. The molecule has 2 aromatic rings. The maximum absolute atomic E-state index is 12.7. The molecule has 2 rings (SSSR count). The number of hydrogen-bond donors (Lipinski definition) is 2. The highest BCUT2D eigenvalue weighted by Gasteiger charge is 2.10. The molecule has 110 valence electrons. The predicted octanol–water partition coefficient (Wildman–Crippen LogP) is 2.21. The third-order valence-corrected chi connectivity index (χ3v) is 3.39. The van der Waals surface area contributed by atoms with Crippen molar-refractivity contribution in [1.29, 1.82) is 0 Å². The molecule has 0 aliphatic heterocycles. The van der Waals surface area contributed by atoms with Crippen LogP contribution in [0.4, 0.5) is 9.52 Å². The van der Waals surface area contributed by atoms with Gasteiger partial charge in [-0.2, -0.15) is 0 Å². The number of anilines is 1. The zero-order valence-electron chi connectivity index (χ0n) is 11.4. The van der Waals surface area contributed by atoms with E-state index in [0.29, 0.717) is 18.1 Å². The molecule has 2 amide bonds. The molecule has 0 unspecified atom stereocenters. The molecule has 21 heavy (non-hydrogen) atoms. The number of hydrogen-bond acceptors (Lipinski definition) is 4. The van der Waals surface area contributed by atoms with Gasteiger partial charge >= 0.3 is 0 Å². The fourth-order valence-electron chi connectivity index (χ4n) is 1.65. The average Bonchev–Trinajstić information content (AvgIpc) is 2.88. The summed E-state index contributed by atoms with van der Waals surface area (Å²) < 4.78 is 12.7. The van der Waals surface area contributed by atoms with Gasteiger partial charge in [0.05, 0.1) is 0 Å². The number of carbonyl (C=O) groups excluding carboxylic acids is 2. The number of nitrogens with one attached hydrogen (secondary N) is 2. The van der Waals surface area contributed by atoms with Crippen molar-refractivity contribution < 1.29 is 14.0 Å². The van der Waals surface area contributed by atoms with Gasteiger partial charge in [-0.3, -0.25) is 9.59 Å². The SMILES string of the molecule is CC(=O)Nc1nc(C(=O)NCCc2ccc(F)cc2)cs1. The van der Waals surface area contributed by atoms with Crippen LogP contribution in [0.15, 0.2) is 29.6 Å². The summed E-state index contributed by atoms with van der Waals surface area (Å²) in [5.41, 5.74) is 1.21. The summed E-state index contributed by atoms with van der Waals surface area (Å²) >= 11 is 1.19. The van der Waals surface area contributed by atoms with Gasteiger partial charge in [-0.25, -0.2) is 9.37 Å². The molecule has 5 nitrogen and oxygen atoms in total. The van der Waals surface area contributed by atoms with Gasteiger partial charge in [-0.15, -0.1) is 11.3 Å². The first kappa shape index (κ1) is 15.1. The highest BCUT2D eigenvalue weighted by atomic mass is 32.1.